The fourth-order valence-electron chi connectivity index (χ4n) is 4.23. The molecule has 1 aromatic heterocycles. The predicted octanol–water partition coefficient (Wildman–Crippen LogP) is 4.92. The van der Waals surface area contributed by atoms with Crippen molar-refractivity contribution in [1.82, 2.24) is 14.9 Å². The van der Waals surface area contributed by atoms with Crippen molar-refractivity contribution in [2.75, 3.05) is 18.4 Å². The Labute approximate surface area is 178 Å². The SMILES string of the molecule is Cc1ccnc(NC(C(=O)N2CCC(c3ccc(Cl)cc3)C(C)(C)C2)C(C)C)n1. The average Bonchev–Trinajstić information content (AvgIpc) is 2.65. The van der Waals surface area contributed by atoms with Crippen molar-refractivity contribution in [2.24, 2.45) is 11.3 Å². The van der Waals surface area contributed by atoms with Crippen LogP contribution in [0.2, 0.25) is 5.02 Å². The Morgan fingerprint density at radius 2 is 1.93 bits per heavy atom. The summed E-state index contributed by atoms with van der Waals surface area (Å²) in [7, 11) is 0. The lowest BCUT2D eigenvalue weighted by atomic mass is 9.70. The molecule has 5 nitrogen and oxygen atoms in total. The molecule has 1 aliphatic heterocycles. The number of anilines is 1. The predicted molar refractivity (Wildman–Crippen MR) is 118 cm³/mol. The number of hydrogen-bond acceptors (Lipinski definition) is 4. The second-order valence-electron chi connectivity index (χ2n) is 9.03. The molecule has 1 aliphatic rings. The minimum absolute atomic E-state index is 0.0247. The molecule has 3 rings (SSSR count). The number of piperidine rings is 1. The lowest BCUT2D eigenvalue weighted by Crippen LogP contribution is -2.53. The summed E-state index contributed by atoms with van der Waals surface area (Å²) in [6.07, 6.45) is 2.65. The second-order valence-corrected chi connectivity index (χ2v) is 9.47. The number of halogens is 1. The quantitative estimate of drug-likeness (QED) is 0.754. The molecule has 0 bridgehead atoms. The van der Waals surface area contributed by atoms with Gasteiger partial charge < -0.3 is 10.2 Å². The Morgan fingerprint density at radius 3 is 2.52 bits per heavy atom. The highest BCUT2D eigenvalue weighted by Gasteiger charge is 2.40. The zero-order valence-corrected chi connectivity index (χ0v) is 18.7. The summed E-state index contributed by atoms with van der Waals surface area (Å²) in [4.78, 5) is 24.1. The van der Waals surface area contributed by atoms with Crippen molar-refractivity contribution in [1.29, 1.82) is 0 Å². The molecular weight excluding hydrogens is 384 g/mol. The summed E-state index contributed by atoms with van der Waals surface area (Å²) in [5, 5.41) is 4.02. The van der Waals surface area contributed by atoms with Crippen molar-refractivity contribution in [3.8, 4) is 0 Å². The van der Waals surface area contributed by atoms with Gasteiger partial charge in [0, 0.05) is 30.0 Å². The highest BCUT2D eigenvalue weighted by Crippen LogP contribution is 2.42. The van der Waals surface area contributed by atoms with Crippen LogP contribution in [0.5, 0.6) is 0 Å². The fraction of sp³-hybridized carbons (Fsp3) is 0.522. The number of aromatic nitrogens is 2. The molecule has 2 aromatic rings. The Morgan fingerprint density at radius 1 is 1.24 bits per heavy atom. The molecule has 1 saturated heterocycles. The molecule has 1 aromatic carbocycles. The Kier molecular flexibility index (Phi) is 6.47. The van der Waals surface area contributed by atoms with E-state index < -0.39 is 0 Å². The maximum atomic E-state index is 13.4. The van der Waals surface area contributed by atoms with Crippen LogP contribution in [-0.4, -0.2) is 39.9 Å². The molecule has 2 atom stereocenters. The zero-order valence-electron chi connectivity index (χ0n) is 17.9. The molecular formula is C23H31ClN4O. The van der Waals surface area contributed by atoms with Gasteiger partial charge in [-0.2, -0.15) is 0 Å². The van der Waals surface area contributed by atoms with Crippen LogP contribution in [0, 0.1) is 18.3 Å². The molecule has 0 radical (unpaired) electrons. The molecule has 0 aliphatic carbocycles. The number of nitrogens with one attached hydrogen (secondary N) is 1. The van der Waals surface area contributed by atoms with Crippen molar-refractivity contribution in [3.05, 3.63) is 52.8 Å². The first-order valence-corrected chi connectivity index (χ1v) is 10.7. The molecule has 156 valence electrons. The third-order valence-corrected chi connectivity index (χ3v) is 6.08. The fourth-order valence-corrected chi connectivity index (χ4v) is 4.35. The molecule has 1 fully saturated rings. The Hall–Kier alpha value is -2.14. The van der Waals surface area contributed by atoms with Gasteiger partial charge in [0.05, 0.1) is 0 Å². The van der Waals surface area contributed by atoms with Crippen molar-refractivity contribution in [3.63, 3.8) is 0 Å². The number of hydrogen-bond donors (Lipinski definition) is 1. The summed E-state index contributed by atoms with van der Waals surface area (Å²) in [5.74, 6) is 1.15. The van der Waals surface area contributed by atoms with Gasteiger partial charge in [0.1, 0.15) is 6.04 Å². The summed E-state index contributed by atoms with van der Waals surface area (Å²) in [5.41, 5.74) is 2.14. The number of aryl methyl sites for hydroxylation is 1. The van der Waals surface area contributed by atoms with E-state index in [4.69, 9.17) is 11.6 Å². The van der Waals surface area contributed by atoms with Crippen LogP contribution < -0.4 is 5.32 Å². The molecule has 2 unspecified atom stereocenters. The van der Waals surface area contributed by atoms with Gasteiger partial charge in [-0.3, -0.25) is 4.79 Å². The molecule has 1 amide bonds. The standard InChI is InChI=1S/C23H31ClN4O/c1-15(2)20(27-22-25-12-10-16(3)26-22)21(29)28-13-11-19(23(4,5)14-28)17-6-8-18(24)9-7-17/h6-10,12,15,19-20H,11,13-14H2,1-5H3,(H,25,26,27). The third kappa shape index (κ3) is 5.08. The van der Waals surface area contributed by atoms with Crippen LogP contribution >= 0.6 is 11.6 Å². The van der Waals surface area contributed by atoms with Gasteiger partial charge in [-0.25, -0.2) is 9.97 Å². The van der Waals surface area contributed by atoms with E-state index in [9.17, 15) is 4.79 Å². The van der Waals surface area contributed by atoms with Gasteiger partial charge in [-0.1, -0.05) is 51.4 Å². The van der Waals surface area contributed by atoms with Gasteiger partial charge in [-0.05, 0) is 54.4 Å². The summed E-state index contributed by atoms with van der Waals surface area (Å²) in [6, 6.07) is 9.62. The van der Waals surface area contributed by atoms with Crippen LogP contribution in [0.15, 0.2) is 36.5 Å². The Bertz CT molecular complexity index is 850. The van der Waals surface area contributed by atoms with E-state index in [0.717, 1.165) is 30.2 Å². The number of likely N-dealkylation sites (tertiary alicyclic amines) is 1. The third-order valence-electron chi connectivity index (χ3n) is 5.83. The lowest BCUT2D eigenvalue weighted by Gasteiger charge is -2.45. The molecule has 0 spiro atoms. The molecule has 0 saturated carbocycles. The first-order chi connectivity index (χ1) is 13.7. The van der Waals surface area contributed by atoms with E-state index in [-0.39, 0.29) is 23.3 Å². The number of carbonyl (C=O) groups is 1. The summed E-state index contributed by atoms with van der Waals surface area (Å²) in [6.45, 7) is 12.0. The van der Waals surface area contributed by atoms with Gasteiger partial charge in [0.2, 0.25) is 11.9 Å². The normalized spacial score (nSPS) is 19.8. The van der Waals surface area contributed by atoms with E-state index in [1.54, 1.807) is 6.20 Å². The summed E-state index contributed by atoms with van der Waals surface area (Å²) >= 11 is 6.06. The van der Waals surface area contributed by atoms with E-state index in [1.165, 1.54) is 5.56 Å². The smallest absolute Gasteiger partial charge is 0.245 e. The minimum atomic E-state index is -0.348. The monoisotopic (exact) mass is 414 g/mol. The topological polar surface area (TPSA) is 58.1 Å². The molecule has 1 N–H and O–H groups in total. The maximum absolute atomic E-state index is 13.4. The van der Waals surface area contributed by atoms with E-state index in [1.807, 2.05) is 30.0 Å². The number of nitrogens with zero attached hydrogens (tertiary/aromatic N) is 3. The van der Waals surface area contributed by atoms with Crippen LogP contribution in [0.4, 0.5) is 5.95 Å². The van der Waals surface area contributed by atoms with Crippen LogP contribution in [0.25, 0.3) is 0 Å². The summed E-state index contributed by atoms with van der Waals surface area (Å²) < 4.78 is 0. The maximum Gasteiger partial charge on any atom is 0.245 e. The first-order valence-electron chi connectivity index (χ1n) is 10.3. The number of rotatable bonds is 5. The van der Waals surface area contributed by atoms with E-state index >= 15 is 0 Å². The van der Waals surface area contributed by atoms with Gasteiger partial charge in [0.15, 0.2) is 0 Å². The number of carbonyl (C=O) groups excluding carboxylic acids is 1. The largest absolute Gasteiger partial charge is 0.342 e. The molecule has 2 heterocycles. The van der Waals surface area contributed by atoms with Gasteiger partial charge in [-0.15, -0.1) is 0 Å². The van der Waals surface area contributed by atoms with Crippen LogP contribution in [0.1, 0.15) is 51.3 Å². The minimum Gasteiger partial charge on any atom is -0.342 e. The Balaban J connectivity index is 1.74. The van der Waals surface area contributed by atoms with E-state index in [0.29, 0.717) is 11.9 Å². The average molecular weight is 415 g/mol. The first kappa shape index (κ1) is 21.6. The van der Waals surface area contributed by atoms with Crippen LogP contribution in [0.3, 0.4) is 0 Å². The van der Waals surface area contributed by atoms with Gasteiger partial charge >= 0.3 is 0 Å². The molecule has 6 heteroatoms. The highest BCUT2D eigenvalue weighted by atomic mass is 35.5. The number of amides is 1. The van der Waals surface area contributed by atoms with E-state index in [2.05, 4.69) is 55.1 Å². The number of benzene rings is 1. The van der Waals surface area contributed by atoms with Crippen LogP contribution in [-0.2, 0) is 4.79 Å². The zero-order chi connectivity index (χ0) is 21.2. The lowest BCUT2D eigenvalue weighted by molar-refractivity contribution is -0.136. The van der Waals surface area contributed by atoms with Crippen molar-refractivity contribution < 1.29 is 4.79 Å². The van der Waals surface area contributed by atoms with Gasteiger partial charge in [0.25, 0.3) is 0 Å². The van der Waals surface area contributed by atoms with Crippen molar-refractivity contribution >= 4 is 23.5 Å². The second kappa shape index (κ2) is 8.70. The molecule has 29 heavy (non-hydrogen) atoms. The highest BCUT2D eigenvalue weighted by molar-refractivity contribution is 6.30. The van der Waals surface area contributed by atoms with Crippen molar-refractivity contribution in [2.45, 2.75) is 53.0 Å².